The Kier molecular flexibility index (Phi) is 6.59. The molecule has 1 N–H and O–H groups in total. The molecule has 0 aliphatic heterocycles. The van der Waals surface area contributed by atoms with Crippen LogP contribution in [-0.4, -0.2) is 16.1 Å². The molecule has 2 rings (SSSR count). The molecule has 0 aromatic heterocycles. The Morgan fingerprint density at radius 3 is 2.07 bits per heavy atom. The number of anilines is 1. The summed E-state index contributed by atoms with van der Waals surface area (Å²) in [6, 6.07) is 7.71. The summed E-state index contributed by atoms with van der Waals surface area (Å²) in [7, 11) is 0. The molecule has 0 amide bonds. The van der Waals surface area contributed by atoms with Crippen LogP contribution in [0, 0.1) is 20.2 Å². The zero-order valence-electron chi connectivity index (χ0n) is 15.6. The zero-order valence-corrected chi connectivity index (χ0v) is 15.6. The fourth-order valence-electron chi connectivity index (χ4n) is 2.85. The Bertz CT molecular complexity index is 868. The van der Waals surface area contributed by atoms with E-state index in [1.165, 1.54) is 17.7 Å². The van der Waals surface area contributed by atoms with Crippen LogP contribution < -0.4 is 5.43 Å². The largest absolute Gasteiger partial charge is 0.301 e. The van der Waals surface area contributed by atoms with Gasteiger partial charge in [-0.2, -0.15) is 5.10 Å². The fourth-order valence-corrected chi connectivity index (χ4v) is 2.85. The zero-order chi connectivity index (χ0) is 20.0. The molecule has 0 atom stereocenters. The molecular weight excluding hydrogens is 348 g/mol. The van der Waals surface area contributed by atoms with E-state index in [2.05, 4.69) is 43.4 Å². The standard InChI is InChI=1S/C19H22N4O4/c1-4-13-9-14(5-2)17(15(6-3)10-13)12-20-21-18-8-7-16(22(24)25)11-19(18)23(26)27/h7-12,21H,4-6H2,1-3H3/b20-12+. The lowest BCUT2D eigenvalue weighted by molar-refractivity contribution is -0.393. The maximum Gasteiger partial charge on any atom is 0.301 e. The van der Waals surface area contributed by atoms with E-state index < -0.39 is 15.5 Å². The quantitative estimate of drug-likeness (QED) is 0.413. The normalized spacial score (nSPS) is 10.9. The number of hydrogen-bond donors (Lipinski definition) is 1. The molecule has 0 fully saturated rings. The second kappa shape index (κ2) is 8.88. The number of rotatable bonds is 8. The lowest BCUT2D eigenvalue weighted by atomic mass is 9.94. The summed E-state index contributed by atoms with van der Waals surface area (Å²) in [5, 5.41) is 26.2. The SMILES string of the molecule is CCc1cc(CC)c(/C=N/Nc2ccc([N+](=O)[O-])cc2[N+](=O)[O-])c(CC)c1. The molecule has 0 heterocycles. The minimum Gasteiger partial charge on any atom is -0.272 e. The molecule has 0 radical (unpaired) electrons. The van der Waals surface area contributed by atoms with Crippen LogP contribution in [0.25, 0.3) is 0 Å². The van der Waals surface area contributed by atoms with E-state index >= 15 is 0 Å². The summed E-state index contributed by atoms with van der Waals surface area (Å²) in [4.78, 5) is 20.7. The van der Waals surface area contributed by atoms with Crippen LogP contribution in [0.5, 0.6) is 0 Å². The Morgan fingerprint density at radius 2 is 1.59 bits per heavy atom. The van der Waals surface area contributed by atoms with Gasteiger partial charge in [-0.3, -0.25) is 25.7 Å². The Balaban J connectivity index is 2.35. The molecule has 142 valence electrons. The number of hydrogen-bond acceptors (Lipinski definition) is 6. The lowest BCUT2D eigenvalue weighted by Crippen LogP contribution is -2.03. The first-order valence-corrected chi connectivity index (χ1v) is 8.77. The first-order valence-electron chi connectivity index (χ1n) is 8.77. The van der Waals surface area contributed by atoms with Crippen LogP contribution in [0.15, 0.2) is 35.4 Å². The number of benzene rings is 2. The molecule has 0 aliphatic rings. The summed E-state index contributed by atoms with van der Waals surface area (Å²) in [6.07, 6.45) is 4.30. The van der Waals surface area contributed by atoms with E-state index in [9.17, 15) is 20.2 Å². The minimum absolute atomic E-state index is 0.100. The van der Waals surface area contributed by atoms with Gasteiger partial charge in [-0.1, -0.05) is 32.9 Å². The van der Waals surface area contributed by atoms with Gasteiger partial charge >= 0.3 is 5.69 Å². The smallest absolute Gasteiger partial charge is 0.272 e. The van der Waals surface area contributed by atoms with Crippen molar-refractivity contribution in [1.82, 2.24) is 0 Å². The van der Waals surface area contributed by atoms with Crippen molar-refractivity contribution in [3.8, 4) is 0 Å². The van der Waals surface area contributed by atoms with Crippen LogP contribution in [0.1, 0.15) is 43.0 Å². The summed E-state index contributed by atoms with van der Waals surface area (Å²) in [5.74, 6) is 0. The van der Waals surface area contributed by atoms with Crippen molar-refractivity contribution in [1.29, 1.82) is 0 Å². The summed E-state index contributed by atoms with van der Waals surface area (Å²) in [5.41, 5.74) is 6.59. The Morgan fingerprint density at radius 1 is 0.963 bits per heavy atom. The number of non-ortho nitro benzene ring substituents is 1. The molecular formula is C19H22N4O4. The summed E-state index contributed by atoms with van der Waals surface area (Å²) < 4.78 is 0. The predicted octanol–water partition coefficient (Wildman–Crippen LogP) is 4.64. The number of aryl methyl sites for hydroxylation is 3. The number of nitrogens with zero attached hydrogens (tertiary/aromatic N) is 3. The maximum atomic E-state index is 11.2. The molecule has 0 spiro atoms. The lowest BCUT2D eigenvalue weighted by Gasteiger charge is -2.12. The van der Waals surface area contributed by atoms with Crippen LogP contribution in [0.2, 0.25) is 0 Å². The molecule has 0 bridgehead atoms. The molecule has 8 nitrogen and oxygen atoms in total. The van der Waals surface area contributed by atoms with Crippen molar-refractivity contribution < 1.29 is 9.85 Å². The van der Waals surface area contributed by atoms with Gasteiger partial charge in [0.15, 0.2) is 0 Å². The molecule has 0 unspecified atom stereocenters. The van der Waals surface area contributed by atoms with Crippen LogP contribution in [-0.2, 0) is 19.3 Å². The van der Waals surface area contributed by atoms with Gasteiger partial charge in [-0.25, -0.2) is 0 Å². The number of nitro groups is 2. The van der Waals surface area contributed by atoms with E-state index in [1.54, 1.807) is 6.21 Å². The number of hydrazone groups is 1. The van der Waals surface area contributed by atoms with Crippen molar-refractivity contribution in [2.75, 3.05) is 5.43 Å². The van der Waals surface area contributed by atoms with E-state index in [4.69, 9.17) is 0 Å². The molecule has 0 saturated carbocycles. The van der Waals surface area contributed by atoms with Crippen molar-refractivity contribution in [2.45, 2.75) is 40.0 Å². The van der Waals surface area contributed by atoms with E-state index in [1.807, 2.05) is 0 Å². The second-order valence-electron chi connectivity index (χ2n) is 5.97. The van der Waals surface area contributed by atoms with Gasteiger partial charge in [0.2, 0.25) is 0 Å². The van der Waals surface area contributed by atoms with Gasteiger partial charge in [-0.15, -0.1) is 0 Å². The molecule has 0 aliphatic carbocycles. The predicted molar refractivity (Wildman–Crippen MR) is 106 cm³/mol. The topological polar surface area (TPSA) is 111 Å². The first kappa shape index (κ1) is 20.0. The summed E-state index contributed by atoms with van der Waals surface area (Å²) in [6.45, 7) is 6.25. The van der Waals surface area contributed by atoms with E-state index in [0.29, 0.717) is 0 Å². The van der Waals surface area contributed by atoms with Crippen molar-refractivity contribution >= 4 is 23.3 Å². The van der Waals surface area contributed by atoms with Gasteiger partial charge < -0.3 is 0 Å². The monoisotopic (exact) mass is 370 g/mol. The van der Waals surface area contributed by atoms with Gasteiger partial charge in [-0.05, 0) is 42.0 Å². The Labute approximate surface area is 157 Å². The van der Waals surface area contributed by atoms with Crippen molar-refractivity contribution in [2.24, 2.45) is 5.10 Å². The molecule has 2 aromatic carbocycles. The molecule has 2 aromatic rings. The third-order valence-corrected chi connectivity index (χ3v) is 4.35. The third kappa shape index (κ3) is 4.66. The highest BCUT2D eigenvalue weighted by Gasteiger charge is 2.19. The molecule has 8 heteroatoms. The van der Waals surface area contributed by atoms with Gasteiger partial charge in [0.1, 0.15) is 5.69 Å². The Hall–Kier alpha value is -3.29. The van der Waals surface area contributed by atoms with E-state index in [0.717, 1.165) is 42.0 Å². The first-order chi connectivity index (χ1) is 12.9. The van der Waals surface area contributed by atoms with Crippen LogP contribution in [0.3, 0.4) is 0 Å². The average Bonchev–Trinajstić information content (AvgIpc) is 2.67. The number of nitrogens with one attached hydrogen (secondary N) is 1. The van der Waals surface area contributed by atoms with Crippen molar-refractivity contribution in [3.05, 3.63) is 72.8 Å². The fraction of sp³-hybridized carbons (Fsp3) is 0.316. The van der Waals surface area contributed by atoms with Crippen molar-refractivity contribution in [3.63, 3.8) is 0 Å². The van der Waals surface area contributed by atoms with Gasteiger partial charge in [0.25, 0.3) is 5.69 Å². The second-order valence-corrected chi connectivity index (χ2v) is 5.97. The van der Waals surface area contributed by atoms with E-state index in [-0.39, 0.29) is 11.4 Å². The minimum atomic E-state index is -0.671. The maximum absolute atomic E-state index is 11.2. The summed E-state index contributed by atoms with van der Waals surface area (Å²) >= 11 is 0. The highest BCUT2D eigenvalue weighted by molar-refractivity contribution is 5.85. The number of nitro benzene ring substituents is 2. The third-order valence-electron chi connectivity index (χ3n) is 4.35. The van der Waals surface area contributed by atoms with Gasteiger partial charge in [0, 0.05) is 11.6 Å². The van der Waals surface area contributed by atoms with Gasteiger partial charge in [0.05, 0.1) is 22.1 Å². The van der Waals surface area contributed by atoms with Crippen LogP contribution in [0.4, 0.5) is 17.1 Å². The highest BCUT2D eigenvalue weighted by atomic mass is 16.6. The molecule has 0 saturated heterocycles. The van der Waals surface area contributed by atoms with Crippen LogP contribution >= 0.6 is 0 Å². The average molecular weight is 370 g/mol. The highest BCUT2D eigenvalue weighted by Crippen LogP contribution is 2.29. The molecule has 27 heavy (non-hydrogen) atoms.